The standard InChI is InChI=1S/C15H22N6O3/c1-10-8-13(18-23-10)17-15(22)11(2)21-6-4-20(5-7-21)9-14-16-12(3)24-19-14/h8,11H,4-7,9H2,1-3H3,(H,17,18,22)/t11-/m1/s1. The van der Waals surface area contributed by atoms with E-state index in [1.165, 1.54) is 0 Å². The van der Waals surface area contributed by atoms with Crippen LogP contribution in [0, 0.1) is 13.8 Å². The van der Waals surface area contributed by atoms with Gasteiger partial charge in [0.2, 0.25) is 11.8 Å². The molecule has 130 valence electrons. The van der Waals surface area contributed by atoms with E-state index in [0.717, 1.165) is 26.2 Å². The zero-order valence-corrected chi connectivity index (χ0v) is 14.2. The molecule has 1 amide bonds. The van der Waals surface area contributed by atoms with Crippen LogP contribution >= 0.6 is 0 Å². The predicted molar refractivity (Wildman–Crippen MR) is 85.2 cm³/mol. The van der Waals surface area contributed by atoms with Gasteiger partial charge in [0, 0.05) is 39.2 Å². The molecule has 9 heteroatoms. The van der Waals surface area contributed by atoms with E-state index >= 15 is 0 Å². The van der Waals surface area contributed by atoms with Crippen LogP contribution in [0.5, 0.6) is 0 Å². The van der Waals surface area contributed by atoms with Gasteiger partial charge in [0.05, 0.1) is 12.6 Å². The zero-order valence-electron chi connectivity index (χ0n) is 14.2. The molecule has 1 atom stereocenters. The molecule has 0 radical (unpaired) electrons. The van der Waals surface area contributed by atoms with Gasteiger partial charge < -0.3 is 14.4 Å². The van der Waals surface area contributed by atoms with E-state index in [1.54, 1.807) is 19.9 Å². The maximum Gasteiger partial charge on any atom is 0.242 e. The summed E-state index contributed by atoms with van der Waals surface area (Å²) in [7, 11) is 0. The van der Waals surface area contributed by atoms with Crippen LogP contribution in [0.3, 0.4) is 0 Å². The minimum atomic E-state index is -0.225. The second-order valence-electron chi connectivity index (χ2n) is 6.03. The summed E-state index contributed by atoms with van der Waals surface area (Å²) in [5.74, 6) is 2.33. The van der Waals surface area contributed by atoms with Gasteiger partial charge in [-0.1, -0.05) is 10.3 Å². The fourth-order valence-corrected chi connectivity index (χ4v) is 2.74. The summed E-state index contributed by atoms with van der Waals surface area (Å²) in [6.45, 7) is 9.47. The van der Waals surface area contributed by atoms with Crippen LogP contribution in [0.4, 0.5) is 5.82 Å². The van der Waals surface area contributed by atoms with Crippen molar-refractivity contribution >= 4 is 11.7 Å². The van der Waals surface area contributed by atoms with Crippen molar-refractivity contribution in [2.75, 3.05) is 31.5 Å². The molecular weight excluding hydrogens is 312 g/mol. The Morgan fingerprint density at radius 1 is 1.25 bits per heavy atom. The van der Waals surface area contributed by atoms with Gasteiger partial charge in [0.1, 0.15) is 5.76 Å². The summed E-state index contributed by atoms with van der Waals surface area (Å²) in [6, 6.07) is 1.48. The van der Waals surface area contributed by atoms with Crippen molar-refractivity contribution in [3.8, 4) is 0 Å². The van der Waals surface area contributed by atoms with E-state index in [9.17, 15) is 4.79 Å². The lowest BCUT2D eigenvalue weighted by Gasteiger charge is -2.36. The Hall–Kier alpha value is -2.26. The summed E-state index contributed by atoms with van der Waals surface area (Å²) in [4.78, 5) is 20.9. The minimum absolute atomic E-state index is 0.0782. The summed E-state index contributed by atoms with van der Waals surface area (Å²) < 4.78 is 9.95. The minimum Gasteiger partial charge on any atom is -0.360 e. The van der Waals surface area contributed by atoms with Crippen molar-refractivity contribution in [2.24, 2.45) is 0 Å². The number of anilines is 1. The number of nitrogens with zero attached hydrogens (tertiary/aromatic N) is 5. The first kappa shape index (κ1) is 16.6. The molecule has 3 heterocycles. The number of aromatic nitrogens is 3. The van der Waals surface area contributed by atoms with Gasteiger partial charge >= 0.3 is 0 Å². The summed E-state index contributed by atoms with van der Waals surface area (Å²) in [5, 5.41) is 10.5. The normalized spacial score (nSPS) is 17.8. The summed E-state index contributed by atoms with van der Waals surface area (Å²) >= 11 is 0. The molecule has 1 N–H and O–H groups in total. The molecule has 0 aliphatic carbocycles. The molecule has 9 nitrogen and oxygen atoms in total. The van der Waals surface area contributed by atoms with Crippen LogP contribution < -0.4 is 5.32 Å². The first-order valence-electron chi connectivity index (χ1n) is 8.01. The number of piperazine rings is 1. The number of rotatable bonds is 5. The van der Waals surface area contributed by atoms with Crippen molar-refractivity contribution in [2.45, 2.75) is 33.4 Å². The second kappa shape index (κ2) is 7.10. The Morgan fingerprint density at radius 3 is 2.58 bits per heavy atom. The van der Waals surface area contributed by atoms with E-state index in [-0.39, 0.29) is 11.9 Å². The average Bonchev–Trinajstić information content (AvgIpc) is 3.15. The molecule has 1 aliphatic rings. The highest BCUT2D eigenvalue weighted by atomic mass is 16.5. The molecule has 0 aromatic carbocycles. The van der Waals surface area contributed by atoms with Crippen LogP contribution in [-0.2, 0) is 11.3 Å². The number of nitrogens with one attached hydrogen (secondary N) is 1. The van der Waals surface area contributed by atoms with Gasteiger partial charge in [-0.15, -0.1) is 0 Å². The maximum absolute atomic E-state index is 12.3. The summed E-state index contributed by atoms with van der Waals surface area (Å²) in [6.07, 6.45) is 0. The van der Waals surface area contributed by atoms with E-state index in [0.29, 0.717) is 29.8 Å². The smallest absolute Gasteiger partial charge is 0.242 e. The highest BCUT2D eigenvalue weighted by Crippen LogP contribution is 2.12. The Labute approximate surface area is 140 Å². The number of hydrogen-bond donors (Lipinski definition) is 1. The molecule has 3 rings (SSSR count). The third kappa shape index (κ3) is 3.98. The fourth-order valence-electron chi connectivity index (χ4n) is 2.74. The molecule has 1 fully saturated rings. The molecule has 1 saturated heterocycles. The molecule has 1 aliphatic heterocycles. The van der Waals surface area contributed by atoms with Gasteiger partial charge in [0.15, 0.2) is 11.6 Å². The van der Waals surface area contributed by atoms with Crippen molar-refractivity contribution in [3.05, 3.63) is 23.5 Å². The molecule has 0 saturated carbocycles. The number of amides is 1. The molecular formula is C15H22N6O3. The van der Waals surface area contributed by atoms with E-state index in [2.05, 4.69) is 30.4 Å². The van der Waals surface area contributed by atoms with Gasteiger partial charge in [-0.05, 0) is 13.8 Å². The van der Waals surface area contributed by atoms with E-state index in [4.69, 9.17) is 9.05 Å². The van der Waals surface area contributed by atoms with Crippen LogP contribution in [0.15, 0.2) is 15.1 Å². The van der Waals surface area contributed by atoms with E-state index in [1.807, 2.05) is 6.92 Å². The molecule has 2 aromatic rings. The van der Waals surface area contributed by atoms with Gasteiger partial charge in [-0.2, -0.15) is 4.98 Å². The van der Waals surface area contributed by atoms with Crippen LogP contribution in [-0.4, -0.2) is 63.2 Å². The highest BCUT2D eigenvalue weighted by Gasteiger charge is 2.26. The first-order valence-corrected chi connectivity index (χ1v) is 8.01. The highest BCUT2D eigenvalue weighted by molar-refractivity contribution is 5.93. The van der Waals surface area contributed by atoms with Crippen molar-refractivity contribution in [1.82, 2.24) is 25.1 Å². The lowest BCUT2D eigenvalue weighted by molar-refractivity contribution is -0.121. The molecule has 0 unspecified atom stereocenters. The van der Waals surface area contributed by atoms with Crippen molar-refractivity contribution < 1.29 is 13.8 Å². The number of hydrogen-bond acceptors (Lipinski definition) is 8. The van der Waals surface area contributed by atoms with Gasteiger partial charge in [-0.25, -0.2) is 0 Å². The van der Waals surface area contributed by atoms with Crippen LogP contribution in [0.1, 0.15) is 24.4 Å². The molecule has 24 heavy (non-hydrogen) atoms. The van der Waals surface area contributed by atoms with Gasteiger partial charge in [0.25, 0.3) is 0 Å². The van der Waals surface area contributed by atoms with Crippen molar-refractivity contribution in [1.29, 1.82) is 0 Å². The van der Waals surface area contributed by atoms with Crippen molar-refractivity contribution in [3.63, 3.8) is 0 Å². The van der Waals surface area contributed by atoms with Crippen LogP contribution in [0.25, 0.3) is 0 Å². The Morgan fingerprint density at radius 2 is 2.00 bits per heavy atom. The molecule has 0 bridgehead atoms. The number of carbonyl (C=O) groups is 1. The predicted octanol–water partition coefficient (Wildman–Crippen LogP) is 0.819. The third-order valence-electron chi connectivity index (χ3n) is 4.15. The molecule has 0 spiro atoms. The average molecular weight is 334 g/mol. The maximum atomic E-state index is 12.3. The quantitative estimate of drug-likeness (QED) is 0.858. The van der Waals surface area contributed by atoms with Gasteiger partial charge in [-0.3, -0.25) is 14.6 Å². The topological polar surface area (TPSA) is 101 Å². The monoisotopic (exact) mass is 334 g/mol. The third-order valence-corrected chi connectivity index (χ3v) is 4.15. The zero-order chi connectivity index (χ0) is 17.1. The lowest BCUT2D eigenvalue weighted by Crippen LogP contribution is -2.52. The first-order chi connectivity index (χ1) is 11.5. The Bertz CT molecular complexity index is 689. The number of aryl methyl sites for hydroxylation is 2. The Kier molecular flexibility index (Phi) is 4.91. The Balaban J connectivity index is 1.47. The SMILES string of the molecule is Cc1cc(NC(=O)[C@@H](C)N2CCN(Cc3noc(C)n3)CC2)no1. The number of carbonyl (C=O) groups excluding carboxylic acids is 1. The lowest BCUT2D eigenvalue weighted by atomic mass is 10.2. The largest absolute Gasteiger partial charge is 0.360 e. The fraction of sp³-hybridized carbons (Fsp3) is 0.600. The summed E-state index contributed by atoms with van der Waals surface area (Å²) in [5.41, 5.74) is 0. The van der Waals surface area contributed by atoms with E-state index < -0.39 is 0 Å². The van der Waals surface area contributed by atoms with Crippen LogP contribution in [0.2, 0.25) is 0 Å². The second-order valence-corrected chi connectivity index (χ2v) is 6.03. The molecule has 2 aromatic heterocycles.